The molecule has 1 aromatic heterocycles. The number of aryl methyl sites for hydroxylation is 1. The highest BCUT2D eigenvalue weighted by Crippen LogP contribution is 2.28. The number of rotatable bonds is 8. The van der Waals surface area contributed by atoms with Crippen LogP contribution in [0.15, 0.2) is 65.2 Å². The van der Waals surface area contributed by atoms with Gasteiger partial charge >= 0.3 is 0 Å². The van der Waals surface area contributed by atoms with Crippen LogP contribution in [0.3, 0.4) is 0 Å². The molecule has 5 heteroatoms. The van der Waals surface area contributed by atoms with Crippen molar-refractivity contribution in [1.29, 1.82) is 0 Å². The van der Waals surface area contributed by atoms with Crippen molar-refractivity contribution < 1.29 is 9.21 Å². The molecule has 0 fully saturated rings. The molecule has 0 spiro atoms. The first-order chi connectivity index (χ1) is 13.2. The predicted octanol–water partition coefficient (Wildman–Crippen LogP) is 5.02. The van der Waals surface area contributed by atoms with Gasteiger partial charge in [0.1, 0.15) is 0 Å². The van der Waals surface area contributed by atoms with E-state index in [0.717, 1.165) is 18.5 Å². The van der Waals surface area contributed by atoms with Crippen molar-refractivity contribution in [2.24, 2.45) is 0 Å². The van der Waals surface area contributed by atoms with Gasteiger partial charge in [-0.2, -0.15) is 0 Å². The summed E-state index contributed by atoms with van der Waals surface area (Å²) < 4.78 is 5.78. The Bertz CT molecular complexity index is 877. The summed E-state index contributed by atoms with van der Waals surface area (Å²) in [5, 5.41) is 0.620. The molecule has 0 aliphatic carbocycles. The van der Waals surface area contributed by atoms with Crippen LogP contribution in [0.1, 0.15) is 24.8 Å². The second-order valence-corrected chi connectivity index (χ2v) is 6.71. The van der Waals surface area contributed by atoms with E-state index in [-0.39, 0.29) is 5.91 Å². The van der Waals surface area contributed by atoms with Gasteiger partial charge in [-0.15, -0.1) is 0 Å². The summed E-state index contributed by atoms with van der Waals surface area (Å²) in [7, 11) is 0. The molecule has 0 unspecified atom stereocenters. The molecule has 3 aromatic rings. The average Bonchev–Trinajstić information content (AvgIpc) is 3.17. The first-order valence-electron chi connectivity index (χ1n) is 9.18. The summed E-state index contributed by atoms with van der Waals surface area (Å²) in [4.78, 5) is 18.7. The zero-order valence-corrected chi connectivity index (χ0v) is 16.2. The number of amides is 1. The van der Waals surface area contributed by atoms with Crippen molar-refractivity contribution in [2.45, 2.75) is 26.2 Å². The fraction of sp³-hybridized carbons (Fsp3) is 0.273. The maximum Gasteiger partial charge on any atom is 0.223 e. The third-order valence-corrected chi connectivity index (χ3v) is 4.82. The fourth-order valence-electron chi connectivity index (χ4n) is 2.95. The highest BCUT2D eigenvalue weighted by atomic mass is 35.5. The molecule has 2 aromatic carbocycles. The largest absolute Gasteiger partial charge is 0.441 e. The van der Waals surface area contributed by atoms with Crippen LogP contribution in [0.4, 0.5) is 0 Å². The number of carbonyl (C=O) groups excluding carboxylic acids is 1. The Morgan fingerprint density at radius 3 is 2.56 bits per heavy atom. The maximum absolute atomic E-state index is 12.5. The number of benzene rings is 2. The van der Waals surface area contributed by atoms with Crippen molar-refractivity contribution in [1.82, 2.24) is 9.88 Å². The molecule has 0 radical (unpaired) electrons. The molecule has 0 aliphatic heterocycles. The molecule has 27 heavy (non-hydrogen) atoms. The van der Waals surface area contributed by atoms with Crippen LogP contribution < -0.4 is 0 Å². The van der Waals surface area contributed by atoms with Crippen molar-refractivity contribution in [3.8, 4) is 11.3 Å². The highest BCUT2D eigenvalue weighted by Gasteiger charge is 2.14. The smallest absolute Gasteiger partial charge is 0.223 e. The van der Waals surface area contributed by atoms with E-state index in [1.807, 2.05) is 54.3 Å². The van der Waals surface area contributed by atoms with Gasteiger partial charge in [-0.3, -0.25) is 4.79 Å². The van der Waals surface area contributed by atoms with Gasteiger partial charge in [-0.05, 0) is 31.0 Å². The summed E-state index contributed by atoms with van der Waals surface area (Å²) in [6, 6.07) is 17.7. The Balaban J connectivity index is 1.54. The van der Waals surface area contributed by atoms with E-state index in [2.05, 4.69) is 17.1 Å². The highest BCUT2D eigenvalue weighted by molar-refractivity contribution is 6.33. The number of halogens is 1. The SMILES string of the molecule is CCN(CCc1ccccc1)C(=O)CCc1ncc(-c2ccccc2Cl)o1. The zero-order chi connectivity index (χ0) is 19.1. The third-order valence-electron chi connectivity index (χ3n) is 4.49. The van der Waals surface area contributed by atoms with Gasteiger partial charge in [0, 0.05) is 31.5 Å². The van der Waals surface area contributed by atoms with Crippen molar-refractivity contribution in [3.05, 3.63) is 77.3 Å². The van der Waals surface area contributed by atoms with E-state index < -0.39 is 0 Å². The van der Waals surface area contributed by atoms with Gasteiger partial charge in [0.05, 0.1) is 11.2 Å². The quantitative estimate of drug-likeness (QED) is 0.549. The summed E-state index contributed by atoms with van der Waals surface area (Å²) in [6.45, 7) is 3.42. The monoisotopic (exact) mass is 382 g/mol. The first kappa shape index (κ1) is 19.2. The zero-order valence-electron chi connectivity index (χ0n) is 15.4. The van der Waals surface area contributed by atoms with Crippen molar-refractivity contribution in [3.63, 3.8) is 0 Å². The van der Waals surface area contributed by atoms with Gasteiger partial charge in [0.15, 0.2) is 11.7 Å². The summed E-state index contributed by atoms with van der Waals surface area (Å²) in [5.41, 5.74) is 2.04. The molecule has 1 heterocycles. The number of likely N-dealkylation sites (N-methyl/N-ethyl adjacent to an activating group) is 1. The lowest BCUT2D eigenvalue weighted by Gasteiger charge is -2.20. The predicted molar refractivity (Wildman–Crippen MR) is 108 cm³/mol. The molecule has 1 amide bonds. The van der Waals surface area contributed by atoms with Crippen LogP contribution in [0.25, 0.3) is 11.3 Å². The van der Waals surface area contributed by atoms with Crippen LogP contribution in [0.2, 0.25) is 5.02 Å². The molecular weight excluding hydrogens is 360 g/mol. The van der Waals surface area contributed by atoms with Crippen LogP contribution in [0, 0.1) is 0 Å². The molecule has 0 N–H and O–H groups in total. The maximum atomic E-state index is 12.5. The molecule has 4 nitrogen and oxygen atoms in total. The van der Waals surface area contributed by atoms with Gasteiger partial charge in [0.25, 0.3) is 0 Å². The number of hydrogen-bond acceptors (Lipinski definition) is 3. The molecule has 0 saturated carbocycles. The van der Waals surface area contributed by atoms with E-state index in [4.69, 9.17) is 16.0 Å². The first-order valence-corrected chi connectivity index (χ1v) is 9.56. The van der Waals surface area contributed by atoms with E-state index in [1.165, 1.54) is 5.56 Å². The Kier molecular flexibility index (Phi) is 6.66. The van der Waals surface area contributed by atoms with Crippen LogP contribution >= 0.6 is 11.6 Å². The van der Waals surface area contributed by atoms with Gasteiger partial charge in [-0.1, -0.05) is 54.1 Å². The van der Waals surface area contributed by atoms with E-state index in [1.54, 1.807) is 6.20 Å². The lowest BCUT2D eigenvalue weighted by molar-refractivity contribution is -0.131. The van der Waals surface area contributed by atoms with E-state index in [9.17, 15) is 4.79 Å². The molecule has 0 aliphatic rings. The van der Waals surface area contributed by atoms with Crippen LogP contribution in [0.5, 0.6) is 0 Å². The van der Waals surface area contributed by atoms with Gasteiger partial charge in [0.2, 0.25) is 5.91 Å². The standard InChI is InChI=1S/C22H23ClN2O2/c1-2-25(15-14-17-8-4-3-5-9-17)22(26)13-12-21-24-16-20(27-21)18-10-6-7-11-19(18)23/h3-11,16H,2,12-15H2,1H3. The van der Waals surface area contributed by atoms with Crippen molar-refractivity contribution in [2.75, 3.05) is 13.1 Å². The lowest BCUT2D eigenvalue weighted by Crippen LogP contribution is -2.32. The van der Waals surface area contributed by atoms with Gasteiger partial charge < -0.3 is 9.32 Å². The third kappa shape index (κ3) is 5.20. The number of hydrogen-bond donors (Lipinski definition) is 0. The second-order valence-electron chi connectivity index (χ2n) is 6.31. The molecule has 0 bridgehead atoms. The minimum atomic E-state index is 0.117. The molecular formula is C22H23ClN2O2. The van der Waals surface area contributed by atoms with Crippen LogP contribution in [-0.2, 0) is 17.6 Å². The Morgan fingerprint density at radius 1 is 1.07 bits per heavy atom. The minimum Gasteiger partial charge on any atom is -0.441 e. The van der Waals surface area contributed by atoms with E-state index >= 15 is 0 Å². The number of oxazole rings is 1. The van der Waals surface area contributed by atoms with E-state index in [0.29, 0.717) is 36.1 Å². The fourth-order valence-corrected chi connectivity index (χ4v) is 3.18. The average molecular weight is 383 g/mol. The minimum absolute atomic E-state index is 0.117. The number of carbonyl (C=O) groups is 1. The Hall–Kier alpha value is -2.59. The Labute approximate surface area is 164 Å². The summed E-state index contributed by atoms with van der Waals surface area (Å²) in [5.74, 6) is 1.29. The number of aromatic nitrogens is 1. The lowest BCUT2D eigenvalue weighted by atomic mass is 10.1. The molecule has 0 saturated heterocycles. The van der Waals surface area contributed by atoms with Crippen molar-refractivity contribution >= 4 is 17.5 Å². The molecule has 0 atom stereocenters. The summed E-state index contributed by atoms with van der Waals surface area (Å²) in [6.07, 6.45) is 3.38. The topological polar surface area (TPSA) is 46.3 Å². The molecule has 3 rings (SSSR count). The second kappa shape index (κ2) is 9.38. The Morgan fingerprint density at radius 2 is 1.81 bits per heavy atom. The van der Waals surface area contributed by atoms with Gasteiger partial charge in [-0.25, -0.2) is 4.98 Å². The normalized spacial score (nSPS) is 10.7. The molecule has 140 valence electrons. The summed E-state index contributed by atoms with van der Waals surface area (Å²) >= 11 is 6.19. The number of nitrogens with zero attached hydrogens (tertiary/aromatic N) is 2. The van der Waals surface area contributed by atoms with Crippen LogP contribution in [-0.4, -0.2) is 28.9 Å².